The highest BCUT2D eigenvalue weighted by atomic mass is 28.2. The van der Waals surface area contributed by atoms with Crippen molar-refractivity contribution < 1.29 is 4.74 Å². The zero-order valence-corrected chi connectivity index (χ0v) is 8.85. The van der Waals surface area contributed by atoms with E-state index in [0.29, 0.717) is 5.22 Å². The number of hydrogen-bond donors (Lipinski definition) is 0. The van der Waals surface area contributed by atoms with Gasteiger partial charge in [-0.3, -0.25) is 0 Å². The van der Waals surface area contributed by atoms with E-state index in [9.17, 15) is 0 Å². The topological polar surface area (TPSA) is 9.23 Å². The summed E-state index contributed by atoms with van der Waals surface area (Å²) < 4.78 is 5.85. The highest BCUT2D eigenvalue weighted by molar-refractivity contribution is 6.37. The maximum Gasteiger partial charge on any atom is 0.0568 e. The third-order valence-electron chi connectivity index (χ3n) is 2.60. The second kappa shape index (κ2) is 4.07. The first-order valence-electron chi connectivity index (χ1n) is 4.58. The summed E-state index contributed by atoms with van der Waals surface area (Å²) >= 11 is 0. The van der Waals surface area contributed by atoms with E-state index in [1.54, 1.807) is 0 Å². The van der Waals surface area contributed by atoms with Crippen LogP contribution in [0.2, 0.25) is 6.55 Å². The predicted octanol–water partition coefficient (Wildman–Crippen LogP) is 1.68. The largest absolute Gasteiger partial charge is 0.379 e. The first-order chi connectivity index (χ1) is 5.33. The van der Waals surface area contributed by atoms with Crippen LogP contribution in [-0.2, 0) is 4.74 Å². The zero-order chi connectivity index (χ0) is 8.16. The van der Waals surface area contributed by atoms with Crippen LogP contribution >= 0.6 is 0 Å². The molecule has 1 aliphatic rings. The fraction of sp³-hybridized carbons (Fsp3) is 0.778. The molecule has 0 amide bonds. The van der Waals surface area contributed by atoms with E-state index in [2.05, 4.69) is 13.1 Å². The summed E-state index contributed by atoms with van der Waals surface area (Å²) in [6.45, 7) is 7.11. The molecule has 0 aromatic heterocycles. The second-order valence-electron chi connectivity index (χ2n) is 3.33. The van der Waals surface area contributed by atoms with Gasteiger partial charge in [0.05, 0.1) is 14.7 Å². The van der Waals surface area contributed by atoms with Crippen molar-refractivity contribution in [1.82, 2.24) is 0 Å². The average molecular weight is 170 g/mol. The third-order valence-corrected chi connectivity index (χ3v) is 4.73. The summed E-state index contributed by atoms with van der Waals surface area (Å²) in [5.74, 6) is 0. The van der Waals surface area contributed by atoms with Crippen LogP contribution in [0, 0.1) is 0 Å². The van der Waals surface area contributed by atoms with Crippen molar-refractivity contribution >= 4 is 9.52 Å². The van der Waals surface area contributed by atoms with Gasteiger partial charge in [-0.25, -0.2) is 0 Å². The molecule has 0 saturated carbocycles. The standard InChI is InChI=1S/C9H18OSi/c1-3-6-9(11-2)7-4-5-8-10-9/h3H,1,4-8,11H2,2H3. The van der Waals surface area contributed by atoms with E-state index >= 15 is 0 Å². The molecule has 0 spiro atoms. The number of rotatable bonds is 3. The summed E-state index contributed by atoms with van der Waals surface area (Å²) in [5, 5.41) is 0.292. The molecule has 1 heterocycles. The molecular formula is C9H18OSi. The molecule has 2 heteroatoms. The molecule has 1 nitrogen and oxygen atoms in total. The highest BCUT2D eigenvalue weighted by Crippen LogP contribution is 2.27. The minimum absolute atomic E-state index is 0.0431. The summed E-state index contributed by atoms with van der Waals surface area (Å²) in [7, 11) is -0.0431. The second-order valence-corrected chi connectivity index (χ2v) is 5.33. The lowest BCUT2D eigenvalue weighted by atomic mass is 10.1. The fourth-order valence-corrected chi connectivity index (χ4v) is 3.20. The van der Waals surface area contributed by atoms with Crippen molar-refractivity contribution in [2.75, 3.05) is 6.61 Å². The third kappa shape index (κ3) is 2.17. The van der Waals surface area contributed by atoms with Crippen molar-refractivity contribution in [3.63, 3.8) is 0 Å². The first kappa shape index (κ1) is 9.01. The van der Waals surface area contributed by atoms with Crippen LogP contribution < -0.4 is 0 Å². The van der Waals surface area contributed by atoms with Crippen LogP contribution in [0.1, 0.15) is 25.7 Å². The minimum atomic E-state index is -0.0431. The van der Waals surface area contributed by atoms with Crippen molar-refractivity contribution in [3.05, 3.63) is 12.7 Å². The van der Waals surface area contributed by atoms with E-state index in [0.717, 1.165) is 13.0 Å². The summed E-state index contributed by atoms with van der Waals surface area (Å²) in [4.78, 5) is 0. The van der Waals surface area contributed by atoms with Crippen LogP contribution in [0.5, 0.6) is 0 Å². The lowest BCUT2D eigenvalue weighted by Crippen LogP contribution is -2.40. The quantitative estimate of drug-likeness (QED) is 0.462. The summed E-state index contributed by atoms with van der Waals surface area (Å²) in [5.41, 5.74) is 0. The predicted molar refractivity (Wildman–Crippen MR) is 51.8 cm³/mol. The SMILES string of the molecule is C=CCC1([SiH2]C)CCCCO1. The van der Waals surface area contributed by atoms with Gasteiger partial charge in [0, 0.05) is 6.61 Å². The van der Waals surface area contributed by atoms with Crippen molar-refractivity contribution in [3.8, 4) is 0 Å². The molecule has 1 fully saturated rings. The molecule has 1 rings (SSSR count). The van der Waals surface area contributed by atoms with Crippen molar-refractivity contribution in [1.29, 1.82) is 0 Å². The number of hydrogen-bond acceptors (Lipinski definition) is 1. The van der Waals surface area contributed by atoms with Gasteiger partial charge >= 0.3 is 0 Å². The molecule has 0 radical (unpaired) electrons. The van der Waals surface area contributed by atoms with E-state index < -0.39 is 0 Å². The Balaban J connectivity index is 2.49. The Hall–Kier alpha value is -0.0831. The molecule has 1 aliphatic heterocycles. The highest BCUT2D eigenvalue weighted by Gasteiger charge is 2.29. The van der Waals surface area contributed by atoms with Crippen molar-refractivity contribution in [2.45, 2.75) is 37.5 Å². The van der Waals surface area contributed by atoms with Gasteiger partial charge in [0.1, 0.15) is 0 Å². The summed E-state index contributed by atoms with van der Waals surface area (Å²) in [6.07, 6.45) is 6.99. The van der Waals surface area contributed by atoms with Crippen LogP contribution in [0.15, 0.2) is 12.7 Å². The Bertz CT molecular complexity index is 128. The molecule has 64 valence electrons. The van der Waals surface area contributed by atoms with Gasteiger partial charge < -0.3 is 4.74 Å². The van der Waals surface area contributed by atoms with Crippen LogP contribution in [0.4, 0.5) is 0 Å². The van der Waals surface area contributed by atoms with Crippen molar-refractivity contribution in [2.24, 2.45) is 0 Å². The van der Waals surface area contributed by atoms with Crippen LogP contribution in [0.25, 0.3) is 0 Å². The Morgan fingerprint density at radius 3 is 2.91 bits per heavy atom. The van der Waals surface area contributed by atoms with Gasteiger partial charge in [-0.2, -0.15) is 0 Å². The van der Waals surface area contributed by atoms with Gasteiger partial charge in [0.2, 0.25) is 0 Å². The lowest BCUT2D eigenvalue weighted by molar-refractivity contribution is -0.0175. The molecule has 0 bridgehead atoms. The fourth-order valence-electron chi connectivity index (χ4n) is 1.76. The molecule has 1 saturated heterocycles. The van der Waals surface area contributed by atoms with Gasteiger partial charge in [0.15, 0.2) is 0 Å². The van der Waals surface area contributed by atoms with E-state index in [4.69, 9.17) is 4.74 Å². The van der Waals surface area contributed by atoms with Crippen LogP contribution in [-0.4, -0.2) is 21.4 Å². The molecular weight excluding hydrogens is 152 g/mol. The maximum atomic E-state index is 5.85. The number of ether oxygens (including phenoxy) is 1. The van der Waals surface area contributed by atoms with Gasteiger partial charge in [-0.05, 0) is 25.7 Å². The summed E-state index contributed by atoms with van der Waals surface area (Å²) in [6, 6.07) is 0. The lowest BCUT2D eigenvalue weighted by Gasteiger charge is -2.35. The Kier molecular flexibility index (Phi) is 3.33. The molecule has 1 atom stereocenters. The Morgan fingerprint density at radius 2 is 2.45 bits per heavy atom. The van der Waals surface area contributed by atoms with Gasteiger partial charge in [0.25, 0.3) is 0 Å². The molecule has 0 aromatic carbocycles. The Morgan fingerprint density at radius 1 is 1.64 bits per heavy atom. The monoisotopic (exact) mass is 170 g/mol. The average Bonchev–Trinajstić information content (AvgIpc) is 2.07. The van der Waals surface area contributed by atoms with E-state index in [1.807, 2.05) is 6.08 Å². The van der Waals surface area contributed by atoms with Gasteiger partial charge in [-0.15, -0.1) is 6.58 Å². The zero-order valence-electron chi connectivity index (χ0n) is 7.44. The molecule has 11 heavy (non-hydrogen) atoms. The molecule has 0 aromatic rings. The minimum Gasteiger partial charge on any atom is -0.379 e. The maximum absolute atomic E-state index is 5.85. The normalized spacial score (nSPS) is 32.8. The van der Waals surface area contributed by atoms with Gasteiger partial charge in [-0.1, -0.05) is 12.6 Å². The molecule has 1 unspecified atom stereocenters. The smallest absolute Gasteiger partial charge is 0.0568 e. The Labute approximate surface area is 71.7 Å². The van der Waals surface area contributed by atoms with Crippen LogP contribution in [0.3, 0.4) is 0 Å². The molecule has 0 aliphatic carbocycles. The molecule has 0 N–H and O–H groups in total. The van der Waals surface area contributed by atoms with E-state index in [-0.39, 0.29) is 9.52 Å². The van der Waals surface area contributed by atoms with E-state index in [1.165, 1.54) is 19.3 Å². The first-order valence-corrected chi connectivity index (χ1v) is 6.70.